The highest BCUT2D eigenvalue weighted by molar-refractivity contribution is 5.94. The molecule has 5 nitrogen and oxygen atoms in total. The van der Waals surface area contributed by atoms with Crippen LogP contribution >= 0.6 is 0 Å². The second kappa shape index (κ2) is 7.56. The summed E-state index contributed by atoms with van der Waals surface area (Å²) in [6, 6.07) is 12.7. The number of hydrogen-bond acceptors (Lipinski definition) is 3. The number of amides is 1. The lowest BCUT2D eigenvalue weighted by Crippen LogP contribution is -2.30. The van der Waals surface area contributed by atoms with Gasteiger partial charge in [0, 0.05) is 43.9 Å². The minimum absolute atomic E-state index is 0.0432. The molecule has 1 aromatic heterocycles. The van der Waals surface area contributed by atoms with Crippen LogP contribution in [0.2, 0.25) is 0 Å². The third kappa shape index (κ3) is 4.05. The summed E-state index contributed by atoms with van der Waals surface area (Å²) in [6.45, 7) is 0.472. The molecule has 5 heteroatoms. The molecule has 0 spiro atoms. The number of pyridine rings is 1. The fraction of sp³-hybridized carbons (Fsp3) is 0.294. The van der Waals surface area contributed by atoms with E-state index < -0.39 is 0 Å². The number of rotatable bonds is 6. The lowest BCUT2D eigenvalue weighted by molar-refractivity contribution is 0.0949. The maximum atomic E-state index is 12.1. The Kier molecular flexibility index (Phi) is 5.49. The van der Waals surface area contributed by atoms with Gasteiger partial charge in [-0.05, 0) is 18.1 Å². The minimum atomic E-state index is -0.281. The van der Waals surface area contributed by atoms with Gasteiger partial charge in [0.1, 0.15) is 0 Å². The summed E-state index contributed by atoms with van der Waals surface area (Å²) >= 11 is 0. The minimum Gasteiger partial charge on any atom is -0.396 e. The van der Waals surface area contributed by atoms with Crippen molar-refractivity contribution in [3.05, 3.63) is 70.1 Å². The molecular formula is C17H20N2O3. The lowest BCUT2D eigenvalue weighted by Gasteiger charge is -2.17. The molecule has 0 aliphatic carbocycles. The molecule has 1 atom stereocenters. The molecule has 1 aromatic carbocycles. The van der Waals surface area contributed by atoms with E-state index in [0.29, 0.717) is 18.5 Å². The smallest absolute Gasteiger partial charge is 0.251 e. The molecule has 0 aliphatic heterocycles. The molecule has 1 amide bonds. The zero-order valence-electron chi connectivity index (χ0n) is 12.5. The average molecular weight is 300 g/mol. The molecule has 2 rings (SSSR count). The summed E-state index contributed by atoms with van der Waals surface area (Å²) in [6.07, 6.45) is 2.14. The molecule has 116 valence electrons. The summed E-state index contributed by atoms with van der Waals surface area (Å²) in [5.74, 6) is -0.238. The van der Waals surface area contributed by atoms with E-state index in [1.54, 1.807) is 19.3 Å². The number of nitrogens with one attached hydrogen (secondary N) is 1. The van der Waals surface area contributed by atoms with Crippen LogP contribution in [0.4, 0.5) is 0 Å². The number of aryl methyl sites for hydroxylation is 1. The predicted octanol–water partition coefficient (Wildman–Crippen LogP) is 1.28. The van der Waals surface area contributed by atoms with Gasteiger partial charge in [-0.25, -0.2) is 0 Å². The summed E-state index contributed by atoms with van der Waals surface area (Å²) in [4.78, 5) is 23.7. The van der Waals surface area contributed by atoms with Crippen molar-refractivity contribution in [1.82, 2.24) is 9.88 Å². The van der Waals surface area contributed by atoms with Crippen molar-refractivity contribution >= 4 is 5.91 Å². The van der Waals surface area contributed by atoms with Crippen LogP contribution in [-0.4, -0.2) is 28.7 Å². The molecule has 0 aliphatic rings. The average Bonchev–Trinajstić information content (AvgIpc) is 2.54. The van der Waals surface area contributed by atoms with Crippen molar-refractivity contribution in [3.8, 4) is 0 Å². The van der Waals surface area contributed by atoms with Crippen LogP contribution in [-0.2, 0) is 7.05 Å². The molecule has 0 radical (unpaired) electrons. The van der Waals surface area contributed by atoms with Gasteiger partial charge in [0.2, 0.25) is 0 Å². The molecule has 1 unspecified atom stereocenters. The largest absolute Gasteiger partial charge is 0.396 e. The Bertz CT molecular complexity index is 680. The highest BCUT2D eigenvalue weighted by Crippen LogP contribution is 2.18. The SMILES string of the molecule is Cn1ccc(C(=O)NCC(CCO)c2ccccc2)cc1=O. The van der Waals surface area contributed by atoms with Gasteiger partial charge >= 0.3 is 0 Å². The van der Waals surface area contributed by atoms with E-state index in [1.165, 1.54) is 10.6 Å². The Morgan fingerprint density at radius 1 is 1.27 bits per heavy atom. The number of hydrogen-bond donors (Lipinski definition) is 2. The second-order valence-electron chi connectivity index (χ2n) is 5.19. The third-order valence-corrected chi connectivity index (χ3v) is 3.62. The van der Waals surface area contributed by atoms with Crippen molar-refractivity contribution < 1.29 is 9.90 Å². The predicted molar refractivity (Wildman–Crippen MR) is 84.9 cm³/mol. The molecule has 2 N–H and O–H groups in total. The van der Waals surface area contributed by atoms with E-state index in [4.69, 9.17) is 0 Å². The quantitative estimate of drug-likeness (QED) is 0.844. The molecule has 0 saturated carbocycles. The molecule has 2 aromatic rings. The zero-order chi connectivity index (χ0) is 15.9. The number of benzene rings is 1. The van der Waals surface area contributed by atoms with Gasteiger partial charge < -0.3 is 15.0 Å². The number of aliphatic hydroxyl groups is 1. The van der Waals surface area contributed by atoms with E-state index in [0.717, 1.165) is 5.56 Å². The third-order valence-electron chi connectivity index (χ3n) is 3.62. The van der Waals surface area contributed by atoms with Crippen LogP contribution in [0.1, 0.15) is 28.3 Å². The van der Waals surface area contributed by atoms with Crippen molar-refractivity contribution in [2.75, 3.05) is 13.2 Å². The monoisotopic (exact) mass is 300 g/mol. The summed E-state index contributed by atoms with van der Waals surface area (Å²) in [5, 5.41) is 12.0. The van der Waals surface area contributed by atoms with Gasteiger partial charge in [-0.1, -0.05) is 30.3 Å². The highest BCUT2D eigenvalue weighted by Gasteiger charge is 2.13. The van der Waals surface area contributed by atoms with E-state index in [9.17, 15) is 14.7 Å². The fourth-order valence-corrected chi connectivity index (χ4v) is 2.28. The first kappa shape index (κ1) is 16.0. The van der Waals surface area contributed by atoms with Crippen LogP contribution < -0.4 is 10.9 Å². The van der Waals surface area contributed by atoms with Gasteiger partial charge in [-0.15, -0.1) is 0 Å². The number of nitrogens with zero attached hydrogens (tertiary/aromatic N) is 1. The Labute approximate surface area is 129 Å². The van der Waals surface area contributed by atoms with Gasteiger partial charge in [0.25, 0.3) is 11.5 Å². The van der Waals surface area contributed by atoms with Gasteiger partial charge in [-0.3, -0.25) is 9.59 Å². The first-order valence-corrected chi connectivity index (χ1v) is 7.22. The number of carbonyl (C=O) groups is 1. The maximum Gasteiger partial charge on any atom is 0.251 e. The normalized spacial score (nSPS) is 11.9. The lowest BCUT2D eigenvalue weighted by atomic mass is 9.96. The summed E-state index contributed by atoms with van der Waals surface area (Å²) < 4.78 is 1.41. The Morgan fingerprint density at radius 3 is 2.64 bits per heavy atom. The van der Waals surface area contributed by atoms with E-state index in [-0.39, 0.29) is 24.0 Å². The Morgan fingerprint density at radius 2 is 2.00 bits per heavy atom. The van der Waals surface area contributed by atoms with Crippen LogP contribution in [0.5, 0.6) is 0 Å². The number of aliphatic hydroxyl groups excluding tert-OH is 1. The maximum absolute atomic E-state index is 12.1. The summed E-state index contributed by atoms with van der Waals surface area (Å²) in [7, 11) is 1.64. The molecule has 0 bridgehead atoms. The van der Waals surface area contributed by atoms with Gasteiger partial charge in [0.15, 0.2) is 0 Å². The summed E-state index contributed by atoms with van der Waals surface area (Å²) in [5.41, 5.74) is 1.20. The topological polar surface area (TPSA) is 71.3 Å². The fourth-order valence-electron chi connectivity index (χ4n) is 2.28. The van der Waals surface area contributed by atoms with Crippen LogP contribution in [0.3, 0.4) is 0 Å². The first-order chi connectivity index (χ1) is 10.6. The second-order valence-corrected chi connectivity index (χ2v) is 5.19. The molecule has 0 fully saturated rings. The van der Waals surface area contributed by atoms with Crippen LogP contribution in [0.15, 0.2) is 53.5 Å². The number of carbonyl (C=O) groups excluding carboxylic acids is 1. The Hall–Kier alpha value is -2.40. The molecule has 0 saturated heterocycles. The standard InChI is InChI=1S/C17H20N2O3/c1-19-9-7-14(11-16(19)21)17(22)18-12-15(8-10-20)13-5-3-2-4-6-13/h2-7,9,11,15,20H,8,10,12H2,1H3,(H,18,22). The van der Waals surface area contributed by atoms with Crippen molar-refractivity contribution in [2.24, 2.45) is 7.05 Å². The number of aromatic nitrogens is 1. The van der Waals surface area contributed by atoms with Crippen molar-refractivity contribution in [3.63, 3.8) is 0 Å². The van der Waals surface area contributed by atoms with Gasteiger partial charge in [-0.2, -0.15) is 0 Å². The molecule has 22 heavy (non-hydrogen) atoms. The van der Waals surface area contributed by atoms with Crippen molar-refractivity contribution in [1.29, 1.82) is 0 Å². The van der Waals surface area contributed by atoms with Crippen LogP contribution in [0.25, 0.3) is 0 Å². The highest BCUT2D eigenvalue weighted by atomic mass is 16.3. The van der Waals surface area contributed by atoms with E-state index in [2.05, 4.69) is 5.32 Å². The first-order valence-electron chi connectivity index (χ1n) is 7.22. The molecular weight excluding hydrogens is 280 g/mol. The molecule has 1 heterocycles. The van der Waals surface area contributed by atoms with Gasteiger partial charge in [0.05, 0.1) is 0 Å². The van der Waals surface area contributed by atoms with E-state index in [1.807, 2.05) is 30.3 Å². The zero-order valence-corrected chi connectivity index (χ0v) is 12.5. The van der Waals surface area contributed by atoms with Crippen LogP contribution in [0, 0.1) is 0 Å². The van der Waals surface area contributed by atoms with Crippen molar-refractivity contribution in [2.45, 2.75) is 12.3 Å². The van der Waals surface area contributed by atoms with E-state index >= 15 is 0 Å². The Balaban J connectivity index is 2.04.